The molecule has 3 heteroatoms. The molecule has 66 valence electrons. The van der Waals surface area contributed by atoms with Crippen LogP contribution in [0.4, 0.5) is 0 Å². The first-order chi connectivity index (χ1) is 5.38. The molecule has 1 heterocycles. The van der Waals surface area contributed by atoms with Gasteiger partial charge in [0.2, 0.25) is 0 Å². The second-order valence-electron chi connectivity index (χ2n) is 2.98. The van der Waals surface area contributed by atoms with E-state index < -0.39 is 0 Å². The molecule has 1 aliphatic heterocycles. The third-order valence-corrected chi connectivity index (χ3v) is 2.24. The first-order valence-electron chi connectivity index (χ1n) is 4.19. The van der Waals surface area contributed by atoms with E-state index in [4.69, 9.17) is 15.2 Å². The van der Waals surface area contributed by atoms with E-state index in [1.165, 1.54) is 0 Å². The number of ether oxygens (including phenoxy) is 2. The van der Waals surface area contributed by atoms with Crippen LogP contribution in [0.25, 0.3) is 0 Å². The summed E-state index contributed by atoms with van der Waals surface area (Å²) in [4.78, 5) is 0. The Balaban J connectivity index is 2.27. The zero-order valence-electron chi connectivity index (χ0n) is 7.08. The highest BCUT2D eigenvalue weighted by molar-refractivity contribution is 4.73. The fraction of sp³-hybridized carbons (Fsp3) is 1.00. The van der Waals surface area contributed by atoms with E-state index in [0.29, 0.717) is 18.6 Å². The lowest BCUT2D eigenvalue weighted by Gasteiger charge is -2.19. The molecule has 0 aromatic heterocycles. The topological polar surface area (TPSA) is 44.5 Å². The molecule has 0 bridgehead atoms. The summed E-state index contributed by atoms with van der Waals surface area (Å²) in [5, 5.41) is 0. The predicted octanol–water partition coefficient (Wildman–Crippen LogP) is 0.387. The molecule has 1 aliphatic rings. The van der Waals surface area contributed by atoms with E-state index in [9.17, 15) is 0 Å². The van der Waals surface area contributed by atoms with Crippen LogP contribution in [0.2, 0.25) is 0 Å². The summed E-state index contributed by atoms with van der Waals surface area (Å²) in [6, 6.07) is 0. The van der Waals surface area contributed by atoms with Crippen LogP contribution in [0, 0.1) is 5.92 Å². The van der Waals surface area contributed by atoms with Crippen LogP contribution < -0.4 is 5.73 Å². The third kappa shape index (κ3) is 2.43. The van der Waals surface area contributed by atoms with E-state index in [0.717, 1.165) is 26.1 Å². The summed E-state index contributed by atoms with van der Waals surface area (Å²) >= 11 is 0. The fourth-order valence-corrected chi connectivity index (χ4v) is 1.56. The minimum Gasteiger partial charge on any atom is -0.381 e. The molecule has 2 unspecified atom stereocenters. The summed E-state index contributed by atoms with van der Waals surface area (Å²) in [7, 11) is 1.75. The van der Waals surface area contributed by atoms with Crippen molar-refractivity contribution in [2.24, 2.45) is 11.7 Å². The fourth-order valence-electron chi connectivity index (χ4n) is 1.56. The first kappa shape index (κ1) is 8.97. The lowest BCUT2D eigenvalue weighted by Crippen LogP contribution is -2.25. The quantitative estimate of drug-likeness (QED) is 0.645. The van der Waals surface area contributed by atoms with Crippen molar-refractivity contribution in [3.05, 3.63) is 0 Å². The number of rotatable bonds is 4. The van der Waals surface area contributed by atoms with Crippen molar-refractivity contribution in [2.75, 3.05) is 26.9 Å². The predicted molar refractivity (Wildman–Crippen MR) is 43.4 cm³/mol. The number of hydrogen-bond donors (Lipinski definition) is 1. The molecule has 2 atom stereocenters. The van der Waals surface area contributed by atoms with Gasteiger partial charge < -0.3 is 15.2 Å². The molecular formula is C8H17NO2. The Morgan fingerprint density at radius 2 is 2.55 bits per heavy atom. The SMILES string of the molecule is COC(CCN)C1CCOC1. The molecular weight excluding hydrogens is 142 g/mol. The maximum absolute atomic E-state index is 5.45. The molecule has 0 aromatic rings. The summed E-state index contributed by atoms with van der Waals surface area (Å²) in [5.74, 6) is 0.573. The van der Waals surface area contributed by atoms with Gasteiger partial charge in [0.05, 0.1) is 12.7 Å². The van der Waals surface area contributed by atoms with Crippen molar-refractivity contribution in [3.63, 3.8) is 0 Å². The summed E-state index contributed by atoms with van der Waals surface area (Å²) in [6.45, 7) is 2.43. The zero-order chi connectivity index (χ0) is 8.10. The molecule has 0 aliphatic carbocycles. The van der Waals surface area contributed by atoms with Crippen LogP contribution >= 0.6 is 0 Å². The van der Waals surface area contributed by atoms with Gasteiger partial charge in [-0.25, -0.2) is 0 Å². The highest BCUT2D eigenvalue weighted by Crippen LogP contribution is 2.20. The minimum absolute atomic E-state index is 0.308. The molecule has 0 radical (unpaired) electrons. The standard InChI is InChI=1S/C8H17NO2/c1-10-8(2-4-9)7-3-5-11-6-7/h7-8H,2-6,9H2,1H3. The van der Waals surface area contributed by atoms with Crippen LogP contribution in [0.3, 0.4) is 0 Å². The zero-order valence-corrected chi connectivity index (χ0v) is 7.08. The Morgan fingerprint density at radius 3 is 3.00 bits per heavy atom. The smallest absolute Gasteiger partial charge is 0.0634 e. The molecule has 2 N–H and O–H groups in total. The molecule has 1 fully saturated rings. The van der Waals surface area contributed by atoms with Crippen LogP contribution in [0.15, 0.2) is 0 Å². The monoisotopic (exact) mass is 159 g/mol. The van der Waals surface area contributed by atoms with Crippen molar-refractivity contribution in [1.82, 2.24) is 0 Å². The van der Waals surface area contributed by atoms with Crippen molar-refractivity contribution in [3.8, 4) is 0 Å². The van der Waals surface area contributed by atoms with E-state index in [1.54, 1.807) is 7.11 Å². The van der Waals surface area contributed by atoms with Crippen molar-refractivity contribution in [2.45, 2.75) is 18.9 Å². The van der Waals surface area contributed by atoms with E-state index >= 15 is 0 Å². The van der Waals surface area contributed by atoms with Gasteiger partial charge in [-0.05, 0) is 19.4 Å². The van der Waals surface area contributed by atoms with Crippen molar-refractivity contribution >= 4 is 0 Å². The van der Waals surface area contributed by atoms with Crippen LogP contribution in [-0.4, -0.2) is 33.0 Å². The van der Waals surface area contributed by atoms with Gasteiger partial charge in [-0.2, -0.15) is 0 Å². The number of methoxy groups -OCH3 is 1. The molecule has 0 spiro atoms. The molecule has 0 saturated carbocycles. The Bertz CT molecular complexity index is 102. The molecule has 1 rings (SSSR count). The van der Waals surface area contributed by atoms with Gasteiger partial charge in [0.1, 0.15) is 0 Å². The van der Waals surface area contributed by atoms with Gasteiger partial charge in [0.15, 0.2) is 0 Å². The minimum atomic E-state index is 0.308. The Hall–Kier alpha value is -0.120. The molecule has 0 aromatic carbocycles. The average Bonchev–Trinajstić information content (AvgIpc) is 2.52. The number of hydrogen-bond acceptors (Lipinski definition) is 3. The maximum Gasteiger partial charge on any atom is 0.0634 e. The van der Waals surface area contributed by atoms with Crippen LogP contribution in [0.5, 0.6) is 0 Å². The first-order valence-corrected chi connectivity index (χ1v) is 4.19. The average molecular weight is 159 g/mol. The van der Waals surface area contributed by atoms with E-state index in [2.05, 4.69) is 0 Å². The Morgan fingerprint density at radius 1 is 1.73 bits per heavy atom. The van der Waals surface area contributed by atoms with Gasteiger partial charge in [-0.1, -0.05) is 0 Å². The summed E-state index contributed by atoms with van der Waals surface area (Å²) in [5.41, 5.74) is 5.45. The second-order valence-corrected chi connectivity index (χ2v) is 2.98. The van der Waals surface area contributed by atoms with Crippen molar-refractivity contribution < 1.29 is 9.47 Å². The second kappa shape index (κ2) is 4.70. The van der Waals surface area contributed by atoms with Gasteiger partial charge in [-0.15, -0.1) is 0 Å². The van der Waals surface area contributed by atoms with Gasteiger partial charge in [0.25, 0.3) is 0 Å². The highest BCUT2D eigenvalue weighted by atomic mass is 16.5. The molecule has 3 nitrogen and oxygen atoms in total. The summed E-state index contributed by atoms with van der Waals surface area (Å²) in [6.07, 6.45) is 2.38. The third-order valence-electron chi connectivity index (χ3n) is 2.24. The lowest BCUT2D eigenvalue weighted by molar-refractivity contribution is 0.0410. The van der Waals surface area contributed by atoms with Gasteiger partial charge in [0, 0.05) is 19.6 Å². The molecule has 11 heavy (non-hydrogen) atoms. The lowest BCUT2D eigenvalue weighted by atomic mass is 9.99. The van der Waals surface area contributed by atoms with Gasteiger partial charge >= 0.3 is 0 Å². The molecule has 0 amide bonds. The largest absolute Gasteiger partial charge is 0.381 e. The summed E-state index contributed by atoms with van der Waals surface area (Å²) < 4.78 is 10.6. The highest BCUT2D eigenvalue weighted by Gasteiger charge is 2.24. The van der Waals surface area contributed by atoms with Crippen LogP contribution in [-0.2, 0) is 9.47 Å². The number of nitrogens with two attached hydrogens (primary N) is 1. The normalized spacial score (nSPS) is 27.3. The molecule has 1 saturated heterocycles. The maximum atomic E-state index is 5.45. The van der Waals surface area contributed by atoms with Crippen LogP contribution in [0.1, 0.15) is 12.8 Å². The van der Waals surface area contributed by atoms with Gasteiger partial charge in [-0.3, -0.25) is 0 Å². The van der Waals surface area contributed by atoms with E-state index in [1.807, 2.05) is 0 Å². The van der Waals surface area contributed by atoms with Crippen molar-refractivity contribution in [1.29, 1.82) is 0 Å². The van der Waals surface area contributed by atoms with E-state index in [-0.39, 0.29) is 0 Å². The Labute approximate surface area is 67.9 Å². The Kier molecular flexibility index (Phi) is 3.83.